The van der Waals surface area contributed by atoms with Crippen molar-refractivity contribution in [2.45, 2.75) is 71.9 Å². The maximum Gasteiger partial charge on any atom is 0.410 e. The first-order valence-electron chi connectivity index (χ1n) is 8.89. The summed E-state index contributed by atoms with van der Waals surface area (Å²) in [5.41, 5.74) is 1.74. The van der Waals surface area contributed by atoms with E-state index in [0.717, 1.165) is 56.8 Å². The summed E-state index contributed by atoms with van der Waals surface area (Å²) < 4.78 is 10.7. The smallest absolute Gasteiger partial charge is 0.410 e. The van der Waals surface area contributed by atoms with Crippen molar-refractivity contribution in [2.75, 3.05) is 19.6 Å². The Kier molecular flexibility index (Phi) is 6.27. The predicted octanol–water partition coefficient (Wildman–Crippen LogP) is 3.21. The molecule has 1 atom stereocenters. The molecule has 0 unspecified atom stereocenters. The third kappa shape index (κ3) is 5.51. The van der Waals surface area contributed by atoms with E-state index in [1.165, 1.54) is 5.56 Å². The van der Waals surface area contributed by atoms with Gasteiger partial charge in [-0.05, 0) is 66.8 Å². The number of aromatic nitrogens is 1. The van der Waals surface area contributed by atoms with Gasteiger partial charge in [0.25, 0.3) is 0 Å². The molecule has 0 bridgehead atoms. The van der Waals surface area contributed by atoms with Crippen molar-refractivity contribution >= 4 is 6.09 Å². The molecule has 2 rings (SSSR count). The van der Waals surface area contributed by atoms with E-state index in [2.05, 4.69) is 10.5 Å². The fraction of sp³-hybridized carbons (Fsp3) is 0.778. The lowest BCUT2D eigenvalue weighted by Crippen LogP contribution is -2.38. The molecule has 0 spiro atoms. The van der Waals surface area contributed by atoms with Crippen LogP contribution in [0, 0.1) is 13.8 Å². The molecule has 1 amide bonds. The van der Waals surface area contributed by atoms with Crippen LogP contribution in [0.3, 0.4) is 0 Å². The average molecular weight is 337 g/mol. The zero-order valence-corrected chi connectivity index (χ0v) is 15.6. The summed E-state index contributed by atoms with van der Waals surface area (Å²) in [5.74, 6) is 0.909. The lowest BCUT2D eigenvalue weighted by Gasteiger charge is -2.26. The normalized spacial score (nSPS) is 19.2. The molecule has 1 saturated heterocycles. The van der Waals surface area contributed by atoms with Gasteiger partial charge in [-0.2, -0.15) is 0 Å². The van der Waals surface area contributed by atoms with E-state index in [-0.39, 0.29) is 6.09 Å². The second-order valence-electron chi connectivity index (χ2n) is 7.60. The van der Waals surface area contributed by atoms with Crippen molar-refractivity contribution in [3.05, 3.63) is 17.0 Å². The summed E-state index contributed by atoms with van der Waals surface area (Å²) >= 11 is 0. The standard InChI is InChI=1S/C18H31N3O3/c1-13-16(14(2)24-20-13)8-10-19-15-7-6-11-21(12-9-15)17(22)23-18(3,4)5/h15,19H,6-12H2,1-5H3/t15-/m1/s1. The molecule has 1 N–H and O–H groups in total. The Bertz CT molecular complexity index is 529. The topological polar surface area (TPSA) is 67.6 Å². The molecule has 136 valence electrons. The molecule has 6 nitrogen and oxygen atoms in total. The zero-order chi connectivity index (χ0) is 17.7. The predicted molar refractivity (Wildman–Crippen MR) is 93.1 cm³/mol. The first kappa shape index (κ1) is 18.8. The summed E-state index contributed by atoms with van der Waals surface area (Å²) in [4.78, 5) is 14.0. The van der Waals surface area contributed by atoms with E-state index in [1.807, 2.05) is 39.5 Å². The van der Waals surface area contributed by atoms with Gasteiger partial charge in [0.1, 0.15) is 11.4 Å². The minimum atomic E-state index is -0.435. The van der Waals surface area contributed by atoms with E-state index in [4.69, 9.17) is 9.26 Å². The Morgan fingerprint density at radius 1 is 1.33 bits per heavy atom. The third-order valence-electron chi connectivity index (χ3n) is 4.37. The van der Waals surface area contributed by atoms with Gasteiger partial charge in [-0.3, -0.25) is 0 Å². The van der Waals surface area contributed by atoms with E-state index < -0.39 is 5.60 Å². The van der Waals surface area contributed by atoms with E-state index in [9.17, 15) is 4.79 Å². The fourth-order valence-corrected chi connectivity index (χ4v) is 3.07. The first-order valence-corrected chi connectivity index (χ1v) is 8.89. The Hall–Kier alpha value is -1.56. The fourth-order valence-electron chi connectivity index (χ4n) is 3.07. The van der Waals surface area contributed by atoms with Crippen LogP contribution < -0.4 is 5.32 Å². The summed E-state index contributed by atoms with van der Waals surface area (Å²) in [6.07, 6.45) is 3.77. The van der Waals surface area contributed by atoms with E-state index in [0.29, 0.717) is 6.04 Å². The Balaban J connectivity index is 1.76. The first-order chi connectivity index (χ1) is 11.3. The minimum absolute atomic E-state index is 0.195. The molecule has 0 saturated carbocycles. The molecule has 24 heavy (non-hydrogen) atoms. The Labute approximate surface area is 144 Å². The van der Waals surface area contributed by atoms with Crippen molar-refractivity contribution < 1.29 is 14.1 Å². The van der Waals surface area contributed by atoms with Crippen molar-refractivity contribution in [1.29, 1.82) is 0 Å². The molecule has 1 aliphatic heterocycles. The summed E-state index contributed by atoms with van der Waals surface area (Å²) in [5, 5.41) is 7.61. The van der Waals surface area contributed by atoms with Crippen molar-refractivity contribution in [1.82, 2.24) is 15.4 Å². The monoisotopic (exact) mass is 337 g/mol. The molecular formula is C18H31N3O3. The third-order valence-corrected chi connectivity index (χ3v) is 4.37. The number of carbonyl (C=O) groups is 1. The Morgan fingerprint density at radius 3 is 2.71 bits per heavy atom. The van der Waals surface area contributed by atoms with Gasteiger partial charge in [0.15, 0.2) is 0 Å². The van der Waals surface area contributed by atoms with Crippen molar-refractivity contribution in [2.24, 2.45) is 0 Å². The van der Waals surface area contributed by atoms with Crippen LogP contribution >= 0.6 is 0 Å². The van der Waals surface area contributed by atoms with Crippen molar-refractivity contribution in [3.8, 4) is 0 Å². The van der Waals surface area contributed by atoms with Crippen LogP contribution in [0.4, 0.5) is 4.79 Å². The van der Waals surface area contributed by atoms with Crippen LogP contribution in [0.1, 0.15) is 57.1 Å². The Morgan fingerprint density at radius 2 is 2.08 bits per heavy atom. The maximum atomic E-state index is 12.2. The molecule has 1 aromatic rings. The van der Waals surface area contributed by atoms with Crippen molar-refractivity contribution in [3.63, 3.8) is 0 Å². The molecule has 2 heterocycles. The van der Waals surface area contributed by atoms with E-state index >= 15 is 0 Å². The summed E-state index contributed by atoms with van der Waals surface area (Å²) in [6.45, 7) is 12.1. The van der Waals surface area contributed by atoms with Gasteiger partial charge in [0.2, 0.25) is 0 Å². The number of rotatable bonds is 4. The van der Waals surface area contributed by atoms with Crippen LogP contribution in [0.25, 0.3) is 0 Å². The summed E-state index contributed by atoms with van der Waals surface area (Å²) in [7, 11) is 0. The molecule has 0 aromatic carbocycles. The van der Waals surface area contributed by atoms with Gasteiger partial charge >= 0.3 is 6.09 Å². The number of aryl methyl sites for hydroxylation is 2. The van der Waals surface area contributed by atoms with Gasteiger partial charge in [-0.15, -0.1) is 0 Å². The lowest BCUT2D eigenvalue weighted by molar-refractivity contribution is 0.0256. The number of hydrogen-bond donors (Lipinski definition) is 1. The molecule has 0 aliphatic carbocycles. The number of hydrogen-bond acceptors (Lipinski definition) is 5. The van der Waals surface area contributed by atoms with Crippen LogP contribution in [0.5, 0.6) is 0 Å². The number of nitrogens with one attached hydrogen (secondary N) is 1. The highest BCUT2D eigenvalue weighted by Crippen LogP contribution is 2.16. The van der Waals surface area contributed by atoms with E-state index in [1.54, 1.807) is 0 Å². The quantitative estimate of drug-likeness (QED) is 0.914. The molecule has 0 radical (unpaired) electrons. The maximum absolute atomic E-state index is 12.2. The minimum Gasteiger partial charge on any atom is -0.444 e. The highest BCUT2D eigenvalue weighted by atomic mass is 16.6. The second-order valence-corrected chi connectivity index (χ2v) is 7.60. The average Bonchev–Trinajstić information content (AvgIpc) is 2.69. The highest BCUT2D eigenvalue weighted by molar-refractivity contribution is 5.68. The molecule has 1 fully saturated rings. The van der Waals surface area contributed by atoms with Gasteiger partial charge in [-0.25, -0.2) is 4.79 Å². The molecule has 1 aliphatic rings. The number of amides is 1. The zero-order valence-electron chi connectivity index (χ0n) is 15.6. The lowest BCUT2D eigenvalue weighted by atomic mass is 10.1. The van der Waals surface area contributed by atoms with Gasteiger partial charge in [0, 0.05) is 24.7 Å². The number of carbonyl (C=O) groups excluding carboxylic acids is 1. The van der Waals surface area contributed by atoms with Gasteiger partial charge < -0.3 is 19.5 Å². The number of ether oxygens (including phenoxy) is 1. The molecule has 1 aromatic heterocycles. The number of likely N-dealkylation sites (tertiary alicyclic amines) is 1. The number of nitrogens with zero attached hydrogens (tertiary/aromatic N) is 2. The molecular weight excluding hydrogens is 306 g/mol. The summed E-state index contributed by atoms with van der Waals surface area (Å²) in [6, 6.07) is 0.443. The van der Waals surface area contributed by atoms with Crippen LogP contribution in [0.15, 0.2) is 4.52 Å². The largest absolute Gasteiger partial charge is 0.444 e. The van der Waals surface area contributed by atoms with Gasteiger partial charge in [0.05, 0.1) is 5.69 Å². The van der Waals surface area contributed by atoms with Crippen LogP contribution in [-0.4, -0.2) is 47.4 Å². The second kappa shape index (κ2) is 8.01. The highest BCUT2D eigenvalue weighted by Gasteiger charge is 2.25. The van der Waals surface area contributed by atoms with Crippen LogP contribution in [0.2, 0.25) is 0 Å². The van der Waals surface area contributed by atoms with Gasteiger partial charge in [-0.1, -0.05) is 5.16 Å². The SMILES string of the molecule is Cc1noc(C)c1CCN[C@@H]1CCCN(C(=O)OC(C)(C)C)CC1. The molecule has 6 heteroatoms. The van der Waals surface area contributed by atoms with Crippen LogP contribution in [-0.2, 0) is 11.2 Å².